The fourth-order valence-electron chi connectivity index (χ4n) is 8.20. The van der Waals surface area contributed by atoms with Gasteiger partial charge in [0.1, 0.15) is 6.61 Å². The van der Waals surface area contributed by atoms with E-state index >= 15 is 0 Å². The third-order valence-electron chi connectivity index (χ3n) is 12.4. The third kappa shape index (κ3) is 44.8. The molecule has 0 aromatic rings. The Hall–Kier alpha value is -2.19. The quantitative estimate of drug-likeness (QED) is 0.0281. The highest BCUT2D eigenvalue weighted by Crippen LogP contribution is 2.17. The normalized spacial score (nSPS) is 13.0. The SMILES string of the molecule is CCCCC/C=C/C=C/CCCCCCCCCCCCC(=O)OC(COCCC(C(=O)O)[N+](C)(C)C)COC(=O)CCCCCCCCCCCCCCCCCCCCCC. The number of esters is 2. The van der Waals surface area contributed by atoms with Gasteiger partial charge in [-0.2, -0.15) is 0 Å². The first-order valence-electron chi connectivity index (χ1n) is 26.9. The minimum Gasteiger partial charge on any atom is -0.477 e. The first-order chi connectivity index (χ1) is 30.6. The highest BCUT2D eigenvalue weighted by molar-refractivity contribution is 5.72. The van der Waals surface area contributed by atoms with E-state index in [0.717, 1.165) is 38.5 Å². The summed E-state index contributed by atoms with van der Waals surface area (Å²) in [7, 11) is 5.55. The lowest BCUT2D eigenvalue weighted by atomic mass is 10.0. The molecule has 0 saturated carbocycles. The number of allylic oxidation sites excluding steroid dienone is 4. The summed E-state index contributed by atoms with van der Waals surface area (Å²) in [4.78, 5) is 37.2. The number of unbranched alkanes of at least 4 members (excludes halogenated alkanes) is 32. The number of aliphatic carboxylic acids is 1. The molecule has 0 saturated heterocycles. The second-order valence-corrected chi connectivity index (χ2v) is 19.5. The first kappa shape index (κ1) is 60.8. The van der Waals surface area contributed by atoms with Crippen LogP contribution in [0.15, 0.2) is 24.3 Å². The van der Waals surface area contributed by atoms with E-state index in [2.05, 4.69) is 38.2 Å². The van der Waals surface area contributed by atoms with Crippen LogP contribution in [0.25, 0.3) is 0 Å². The summed E-state index contributed by atoms with van der Waals surface area (Å²) in [5, 5.41) is 9.66. The van der Waals surface area contributed by atoms with E-state index in [1.807, 2.05) is 21.1 Å². The number of rotatable bonds is 49. The molecule has 0 aromatic heterocycles. The van der Waals surface area contributed by atoms with Gasteiger partial charge in [0, 0.05) is 19.3 Å². The van der Waals surface area contributed by atoms with Gasteiger partial charge >= 0.3 is 17.9 Å². The first-order valence-corrected chi connectivity index (χ1v) is 26.9. The molecule has 1 N–H and O–H groups in total. The zero-order chi connectivity index (χ0) is 46.3. The van der Waals surface area contributed by atoms with Crippen molar-refractivity contribution in [2.24, 2.45) is 0 Å². The van der Waals surface area contributed by atoms with Crippen LogP contribution >= 0.6 is 0 Å². The second-order valence-electron chi connectivity index (χ2n) is 19.5. The molecule has 0 spiro atoms. The average molecular weight is 891 g/mol. The Bertz CT molecular complexity index is 1080. The molecule has 8 nitrogen and oxygen atoms in total. The molecule has 0 radical (unpaired) electrons. The molecular formula is C55H104NO7+. The minimum absolute atomic E-state index is 0.0469. The van der Waals surface area contributed by atoms with Crippen LogP contribution in [-0.4, -0.2) is 80.6 Å². The number of carbonyl (C=O) groups excluding carboxylic acids is 2. The molecule has 370 valence electrons. The van der Waals surface area contributed by atoms with Crippen LogP contribution in [0.2, 0.25) is 0 Å². The number of carboxylic acids is 1. The Morgan fingerprint density at radius 1 is 0.476 bits per heavy atom. The van der Waals surface area contributed by atoms with E-state index < -0.39 is 18.1 Å². The second kappa shape index (κ2) is 46.3. The van der Waals surface area contributed by atoms with Gasteiger partial charge in [-0.25, -0.2) is 4.79 Å². The zero-order valence-corrected chi connectivity index (χ0v) is 42.3. The minimum atomic E-state index is -0.872. The predicted octanol–water partition coefficient (Wildman–Crippen LogP) is 15.6. The molecule has 2 unspecified atom stereocenters. The lowest BCUT2D eigenvalue weighted by Gasteiger charge is -2.31. The largest absolute Gasteiger partial charge is 0.477 e. The average Bonchev–Trinajstić information content (AvgIpc) is 3.24. The third-order valence-corrected chi connectivity index (χ3v) is 12.4. The Balaban J connectivity index is 4.18. The fraction of sp³-hybridized carbons (Fsp3) is 0.873. The lowest BCUT2D eigenvalue weighted by molar-refractivity contribution is -0.887. The summed E-state index contributed by atoms with van der Waals surface area (Å²) in [6.07, 6.45) is 53.7. The van der Waals surface area contributed by atoms with E-state index in [-0.39, 0.29) is 36.2 Å². The molecule has 0 fully saturated rings. The summed E-state index contributed by atoms with van der Waals surface area (Å²) in [6, 6.07) is -0.613. The van der Waals surface area contributed by atoms with Crippen molar-refractivity contribution in [3.63, 3.8) is 0 Å². The number of quaternary nitrogens is 1. The predicted molar refractivity (Wildman–Crippen MR) is 266 cm³/mol. The number of carboxylic acid groups (broad SMARTS) is 1. The molecule has 8 heteroatoms. The van der Waals surface area contributed by atoms with Crippen molar-refractivity contribution in [1.82, 2.24) is 0 Å². The molecule has 0 aromatic carbocycles. The molecule has 0 aliphatic carbocycles. The van der Waals surface area contributed by atoms with Gasteiger partial charge in [-0.1, -0.05) is 224 Å². The van der Waals surface area contributed by atoms with E-state index in [0.29, 0.717) is 19.3 Å². The number of ether oxygens (including phenoxy) is 3. The van der Waals surface area contributed by atoms with Crippen LogP contribution in [0.4, 0.5) is 0 Å². The highest BCUT2D eigenvalue weighted by atomic mass is 16.6. The monoisotopic (exact) mass is 891 g/mol. The van der Waals surface area contributed by atoms with Crippen molar-refractivity contribution in [3.8, 4) is 0 Å². The molecular weight excluding hydrogens is 787 g/mol. The molecule has 0 aliphatic rings. The summed E-state index contributed by atoms with van der Waals surface area (Å²) in [5.74, 6) is -1.45. The topological polar surface area (TPSA) is 99.1 Å². The van der Waals surface area contributed by atoms with Gasteiger partial charge < -0.3 is 23.8 Å². The number of likely N-dealkylation sites (N-methyl/N-ethyl adjacent to an activating group) is 1. The standard InChI is InChI=1S/C55H103NO7/c1-6-8-10-12-14-16-18-20-22-24-26-28-29-31-33-35-37-39-41-43-45-53(57)62-50-51(49-61-48-47-52(55(59)60)56(3,4)5)63-54(58)46-44-42-40-38-36-34-32-30-27-25-23-21-19-17-15-13-11-9-7-2/h15,17,19,21,51-52H,6-14,16,18,20,22-50H2,1-5H3/p+1/b17-15+,21-19+. The van der Waals surface area contributed by atoms with E-state index in [1.54, 1.807) is 0 Å². The molecule has 0 rings (SSSR count). The summed E-state index contributed by atoms with van der Waals surface area (Å²) >= 11 is 0. The van der Waals surface area contributed by atoms with Gasteiger partial charge in [-0.3, -0.25) is 9.59 Å². The Kier molecular flexibility index (Phi) is 44.7. The Labute approximate surface area is 390 Å². The summed E-state index contributed by atoms with van der Waals surface area (Å²) in [6.45, 7) is 4.75. The Morgan fingerprint density at radius 3 is 1.22 bits per heavy atom. The molecule has 0 heterocycles. The van der Waals surface area contributed by atoms with Crippen LogP contribution in [0, 0.1) is 0 Å². The number of nitrogens with zero attached hydrogens (tertiary/aromatic N) is 1. The van der Waals surface area contributed by atoms with Crippen molar-refractivity contribution < 1.29 is 38.2 Å². The van der Waals surface area contributed by atoms with Crippen molar-refractivity contribution in [2.75, 3.05) is 41.0 Å². The zero-order valence-electron chi connectivity index (χ0n) is 42.3. The van der Waals surface area contributed by atoms with Crippen molar-refractivity contribution in [3.05, 3.63) is 24.3 Å². The number of hydrogen-bond acceptors (Lipinski definition) is 6. The van der Waals surface area contributed by atoms with Crippen molar-refractivity contribution >= 4 is 17.9 Å². The molecule has 63 heavy (non-hydrogen) atoms. The van der Waals surface area contributed by atoms with E-state index in [1.165, 1.54) is 186 Å². The summed E-state index contributed by atoms with van der Waals surface area (Å²) in [5.41, 5.74) is 0. The van der Waals surface area contributed by atoms with Crippen LogP contribution in [0.3, 0.4) is 0 Å². The van der Waals surface area contributed by atoms with Gasteiger partial charge in [0.05, 0.1) is 34.4 Å². The van der Waals surface area contributed by atoms with Gasteiger partial charge in [-0.05, 0) is 38.5 Å². The highest BCUT2D eigenvalue weighted by Gasteiger charge is 2.31. The molecule has 0 bridgehead atoms. The van der Waals surface area contributed by atoms with E-state index in [9.17, 15) is 19.5 Å². The number of carbonyl (C=O) groups is 3. The maximum atomic E-state index is 12.8. The fourth-order valence-corrected chi connectivity index (χ4v) is 8.20. The maximum Gasteiger partial charge on any atom is 0.362 e. The van der Waals surface area contributed by atoms with Crippen LogP contribution in [-0.2, 0) is 28.6 Å². The van der Waals surface area contributed by atoms with Crippen LogP contribution in [0.5, 0.6) is 0 Å². The van der Waals surface area contributed by atoms with E-state index in [4.69, 9.17) is 14.2 Å². The summed E-state index contributed by atoms with van der Waals surface area (Å²) < 4.78 is 17.4. The van der Waals surface area contributed by atoms with Crippen molar-refractivity contribution in [1.29, 1.82) is 0 Å². The van der Waals surface area contributed by atoms with Gasteiger partial charge in [0.25, 0.3) is 0 Å². The van der Waals surface area contributed by atoms with Crippen LogP contribution in [0.1, 0.15) is 258 Å². The molecule has 0 amide bonds. The van der Waals surface area contributed by atoms with Crippen LogP contribution < -0.4 is 0 Å². The van der Waals surface area contributed by atoms with Gasteiger partial charge in [0.2, 0.25) is 0 Å². The molecule has 2 atom stereocenters. The maximum absolute atomic E-state index is 12.8. The smallest absolute Gasteiger partial charge is 0.362 e. The number of hydrogen-bond donors (Lipinski definition) is 1. The Morgan fingerprint density at radius 2 is 0.825 bits per heavy atom. The lowest BCUT2D eigenvalue weighted by Crippen LogP contribution is -2.50. The van der Waals surface area contributed by atoms with Gasteiger partial charge in [-0.15, -0.1) is 0 Å². The molecule has 0 aliphatic heterocycles. The van der Waals surface area contributed by atoms with Crippen molar-refractivity contribution in [2.45, 2.75) is 270 Å². The van der Waals surface area contributed by atoms with Gasteiger partial charge in [0.15, 0.2) is 12.1 Å².